The smallest absolute Gasteiger partial charge is 0.236 e. The van der Waals surface area contributed by atoms with Gasteiger partial charge in [0.15, 0.2) is 0 Å². The fourth-order valence-electron chi connectivity index (χ4n) is 1.50. The van der Waals surface area contributed by atoms with Crippen molar-refractivity contribution >= 4 is 33.0 Å². The monoisotopic (exact) mass is 327 g/mol. The number of rotatable bonds is 6. The lowest BCUT2D eigenvalue weighted by molar-refractivity contribution is 0.341. The van der Waals surface area contributed by atoms with Crippen LogP contribution in [0.5, 0.6) is 5.75 Å². The van der Waals surface area contributed by atoms with Gasteiger partial charge in [0.05, 0.1) is 11.9 Å². The summed E-state index contributed by atoms with van der Waals surface area (Å²) in [6.45, 7) is 0.0280. The van der Waals surface area contributed by atoms with Gasteiger partial charge in [0.25, 0.3) is 0 Å². The zero-order chi connectivity index (χ0) is 15.3. The number of hydrogen-bond acceptors (Lipinski definition) is 5. The van der Waals surface area contributed by atoms with E-state index < -0.39 is 10.0 Å². The summed E-state index contributed by atoms with van der Waals surface area (Å²) in [6.07, 6.45) is 1.35. The van der Waals surface area contributed by atoms with Gasteiger partial charge in [0.2, 0.25) is 10.0 Å². The molecule has 1 aromatic carbocycles. The molecule has 0 saturated carbocycles. The minimum Gasteiger partial charge on any atom is -0.492 e. The second-order valence-corrected chi connectivity index (χ2v) is 6.44. The maximum atomic E-state index is 11.9. The van der Waals surface area contributed by atoms with Crippen LogP contribution in [0.25, 0.3) is 0 Å². The maximum absolute atomic E-state index is 11.9. The molecule has 0 aliphatic heterocycles. The van der Waals surface area contributed by atoms with Crippen LogP contribution >= 0.6 is 11.6 Å². The molecule has 0 saturated heterocycles. The lowest BCUT2D eigenvalue weighted by Crippen LogP contribution is -2.21. The molecular weight excluding hydrogens is 314 g/mol. The molecule has 0 atom stereocenters. The molecule has 3 N–H and O–H groups in total. The van der Waals surface area contributed by atoms with Crippen molar-refractivity contribution in [3.8, 4) is 5.75 Å². The highest BCUT2D eigenvalue weighted by atomic mass is 35.5. The lowest BCUT2D eigenvalue weighted by Gasteiger charge is -2.09. The molecule has 0 amide bonds. The van der Waals surface area contributed by atoms with Crippen LogP contribution in [-0.2, 0) is 10.0 Å². The topological polar surface area (TPSA) is 94.3 Å². The number of halogens is 1. The molecule has 0 bridgehead atoms. The summed E-state index contributed by atoms with van der Waals surface area (Å²) in [5, 5.41) is 0.296. The number of nitrogens with two attached hydrogens (primary N) is 1. The Kier molecular flexibility index (Phi) is 4.87. The highest BCUT2D eigenvalue weighted by Crippen LogP contribution is 2.14. The van der Waals surface area contributed by atoms with Gasteiger partial charge in [-0.1, -0.05) is 11.6 Å². The number of ether oxygens (including phenoxy) is 1. The molecular formula is C13H14ClN3O3S. The summed E-state index contributed by atoms with van der Waals surface area (Å²) in [4.78, 5) is 3.79. The summed E-state index contributed by atoms with van der Waals surface area (Å²) in [5.74, 6) is 0.382. The van der Waals surface area contributed by atoms with Crippen molar-refractivity contribution in [3.05, 3.63) is 47.7 Å². The van der Waals surface area contributed by atoms with E-state index in [-0.39, 0.29) is 12.4 Å². The van der Waals surface area contributed by atoms with E-state index in [0.717, 1.165) is 0 Å². The molecule has 2 rings (SSSR count). The van der Waals surface area contributed by atoms with E-state index in [1.54, 1.807) is 24.3 Å². The Bertz CT molecular complexity index is 688. The quantitative estimate of drug-likeness (QED) is 0.626. The molecule has 1 aromatic heterocycles. The number of anilines is 2. The number of nitrogen functional groups attached to an aromatic ring is 1. The number of benzene rings is 1. The van der Waals surface area contributed by atoms with Gasteiger partial charge >= 0.3 is 0 Å². The van der Waals surface area contributed by atoms with E-state index in [0.29, 0.717) is 22.3 Å². The molecule has 6 nitrogen and oxygen atoms in total. The van der Waals surface area contributed by atoms with Gasteiger partial charge in [-0.15, -0.1) is 0 Å². The van der Waals surface area contributed by atoms with Gasteiger partial charge in [-0.05, 0) is 36.4 Å². The Labute approximate surface area is 128 Å². The van der Waals surface area contributed by atoms with Crippen molar-refractivity contribution in [1.29, 1.82) is 0 Å². The summed E-state index contributed by atoms with van der Waals surface area (Å²) in [5.41, 5.74) is 6.52. The molecule has 0 fully saturated rings. The Hall–Kier alpha value is -1.99. The van der Waals surface area contributed by atoms with E-state index in [4.69, 9.17) is 22.1 Å². The molecule has 21 heavy (non-hydrogen) atoms. The first-order valence-electron chi connectivity index (χ1n) is 6.05. The van der Waals surface area contributed by atoms with Crippen molar-refractivity contribution in [2.24, 2.45) is 0 Å². The first-order valence-corrected chi connectivity index (χ1v) is 8.08. The normalized spacial score (nSPS) is 11.1. The summed E-state index contributed by atoms with van der Waals surface area (Å²) >= 11 is 5.63. The highest BCUT2D eigenvalue weighted by molar-refractivity contribution is 7.92. The Balaban J connectivity index is 1.86. The molecule has 0 spiro atoms. The molecule has 0 aliphatic rings. The molecule has 0 aliphatic carbocycles. The molecule has 112 valence electrons. The summed E-state index contributed by atoms with van der Waals surface area (Å²) in [6, 6.07) is 9.76. The number of nitrogens with one attached hydrogen (secondary N) is 1. The number of sulfonamides is 1. The van der Waals surface area contributed by atoms with Crippen LogP contribution in [0.4, 0.5) is 11.4 Å². The number of aromatic nitrogens is 1. The lowest BCUT2D eigenvalue weighted by atomic mass is 10.3. The average molecular weight is 328 g/mol. The zero-order valence-corrected chi connectivity index (χ0v) is 12.6. The van der Waals surface area contributed by atoms with Crippen molar-refractivity contribution in [2.45, 2.75) is 0 Å². The molecule has 2 aromatic rings. The highest BCUT2D eigenvalue weighted by Gasteiger charge is 2.11. The Morgan fingerprint density at radius 1 is 1.19 bits per heavy atom. The van der Waals surface area contributed by atoms with Gasteiger partial charge in [-0.25, -0.2) is 13.4 Å². The standard InChI is InChI=1S/C13H14ClN3O3S/c14-13-6-3-11(9-16-13)17-21(18,19)8-7-20-12-4-1-10(15)2-5-12/h1-6,9,17H,7-8,15H2. The zero-order valence-electron chi connectivity index (χ0n) is 11.0. The van der Waals surface area contributed by atoms with Crippen LogP contribution in [0.1, 0.15) is 0 Å². The maximum Gasteiger partial charge on any atom is 0.236 e. The minimum atomic E-state index is -3.51. The van der Waals surface area contributed by atoms with Crippen molar-refractivity contribution < 1.29 is 13.2 Å². The fraction of sp³-hybridized carbons (Fsp3) is 0.154. The van der Waals surface area contributed by atoms with Crippen LogP contribution in [0, 0.1) is 0 Å². The number of hydrogen-bond donors (Lipinski definition) is 2. The molecule has 0 radical (unpaired) electrons. The Morgan fingerprint density at radius 3 is 2.52 bits per heavy atom. The fourth-order valence-corrected chi connectivity index (χ4v) is 2.50. The second kappa shape index (κ2) is 6.64. The van der Waals surface area contributed by atoms with Crippen LogP contribution in [0.2, 0.25) is 5.15 Å². The van der Waals surface area contributed by atoms with Crippen LogP contribution in [-0.4, -0.2) is 25.8 Å². The van der Waals surface area contributed by atoms with E-state index in [1.807, 2.05) is 0 Å². The molecule has 0 unspecified atom stereocenters. The molecule has 1 heterocycles. The first-order chi connectivity index (χ1) is 9.94. The van der Waals surface area contributed by atoms with Crippen LogP contribution < -0.4 is 15.2 Å². The van der Waals surface area contributed by atoms with E-state index in [2.05, 4.69) is 9.71 Å². The SMILES string of the molecule is Nc1ccc(OCCS(=O)(=O)Nc2ccc(Cl)nc2)cc1. The first kappa shape index (κ1) is 15.4. The van der Waals surface area contributed by atoms with Gasteiger partial charge in [0, 0.05) is 5.69 Å². The second-order valence-electron chi connectivity index (χ2n) is 4.21. The van der Waals surface area contributed by atoms with Crippen LogP contribution in [0.15, 0.2) is 42.6 Å². The van der Waals surface area contributed by atoms with Gasteiger partial charge in [-0.2, -0.15) is 0 Å². The molecule has 8 heteroatoms. The van der Waals surface area contributed by atoms with Gasteiger partial charge < -0.3 is 10.5 Å². The van der Waals surface area contributed by atoms with Gasteiger partial charge in [-0.3, -0.25) is 4.72 Å². The van der Waals surface area contributed by atoms with E-state index in [1.165, 1.54) is 18.3 Å². The average Bonchev–Trinajstić information content (AvgIpc) is 2.43. The third kappa shape index (κ3) is 5.13. The summed E-state index contributed by atoms with van der Waals surface area (Å²) < 4.78 is 31.4. The summed E-state index contributed by atoms with van der Waals surface area (Å²) in [7, 11) is -3.51. The Morgan fingerprint density at radius 2 is 1.90 bits per heavy atom. The van der Waals surface area contributed by atoms with Crippen LogP contribution in [0.3, 0.4) is 0 Å². The van der Waals surface area contributed by atoms with E-state index in [9.17, 15) is 8.42 Å². The third-order valence-corrected chi connectivity index (χ3v) is 3.98. The van der Waals surface area contributed by atoms with E-state index >= 15 is 0 Å². The van der Waals surface area contributed by atoms with Crippen molar-refractivity contribution in [2.75, 3.05) is 22.8 Å². The number of nitrogens with zero attached hydrogens (tertiary/aromatic N) is 1. The third-order valence-electron chi connectivity index (χ3n) is 2.50. The predicted octanol–water partition coefficient (Wildman–Crippen LogP) is 2.14. The van der Waals surface area contributed by atoms with Crippen molar-refractivity contribution in [3.63, 3.8) is 0 Å². The van der Waals surface area contributed by atoms with Gasteiger partial charge in [0.1, 0.15) is 23.3 Å². The number of pyridine rings is 1. The predicted molar refractivity (Wildman–Crippen MR) is 83.0 cm³/mol. The minimum absolute atomic E-state index is 0.0280. The largest absolute Gasteiger partial charge is 0.492 e. The van der Waals surface area contributed by atoms with Crippen molar-refractivity contribution in [1.82, 2.24) is 4.98 Å².